The van der Waals surface area contributed by atoms with Crippen LogP contribution in [-0.2, 0) is 9.57 Å². The lowest BCUT2D eigenvalue weighted by Gasteiger charge is -2.07. The zero-order valence-corrected chi connectivity index (χ0v) is 11.9. The topological polar surface area (TPSA) is 56.8 Å². The van der Waals surface area contributed by atoms with Crippen molar-refractivity contribution in [2.24, 2.45) is 10.9 Å². The van der Waals surface area contributed by atoms with Crippen LogP contribution in [0.1, 0.15) is 30.4 Å². The van der Waals surface area contributed by atoms with Gasteiger partial charge in [-0.05, 0) is 31.7 Å². The van der Waals surface area contributed by atoms with Gasteiger partial charge >= 0.3 is 0 Å². The van der Waals surface area contributed by atoms with Gasteiger partial charge in [0.1, 0.15) is 6.61 Å². The van der Waals surface area contributed by atoms with Crippen molar-refractivity contribution in [3.05, 3.63) is 35.4 Å². The second kappa shape index (κ2) is 9.53. The van der Waals surface area contributed by atoms with Gasteiger partial charge in [-0.3, -0.25) is 0 Å². The van der Waals surface area contributed by atoms with Gasteiger partial charge in [-0.15, -0.1) is 0 Å². The molecule has 1 rings (SSSR count). The van der Waals surface area contributed by atoms with E-state index in [1.807, 2.05) is 0 Å². The Hall–Kier alpha value is -1.39. The summed E-state index contributed by atoms with van der Waals surface area (Å²) in [4.78, 5) is 5.22. The van der Waals surface area contributed by atoms with E-state index in [4.69, 9.17) is 15.3 Å². The lowest BCUT2D eigenvalue weighted by molar-refractivity contribution is 0.151. The monoisotopic (exact) mass is 264 g/mol. The van der Waals surface area contributed by atoms with Crippen LogP contribution in [0.15, 0.2) is 29.4 Å². The summed E-state index contributed by atoms with van der Waals surface area (Å²) in [7, 11) is 1.72. The Morgan fingerprint density at radius 3 is 2.53 bits per heavy atom. The highest BCUT2D eigenvalue weighted by molar-refractivity contribution is 6.00. The first kappa shape index (κ1) is 15.7. The Balaban J connectivity index is 2.62. The maximum absolute atomic E-state index is 5.40. The van der Waals surface area contributed by atoms with Gasteiger partial charge in [-0.2, -0.15) is 0 Å². The molecule has 1 aromatic carbocycles. The molecule has 0 heterocycles. The minimum Gasteiger partial charge on any atom is -0.394 e. The van der Waals surface area contributed by atoms with Gasteiger partial charge in [0.2, 0.25) is 0 Å². The number of nitrogens with two attached hydrogens (primary N) is 1. The first-order chi connectivity index (χ1) is 9.27. The number of ether oxygens (including phenoxy) is 1. The average Bonchev–Trinajstić information content (AvgIpc) is 2.43. The summed E-state index contributed by atoms with van der Waals surface area (Å²) < 4.78 is 5.06. The molecule has 0 aromatic heterocycles. The zero-order valence-electron chi connectivity index (χ0n) is 11.9. The van der Waals surface area contributed by atoms with Crippen LogP contribution in [0.25, 0.3) is 0 Å². The number of unbranched alkanes of at least 4 members (excludes halogenated alkanes) is 1. The van der Waals surface area contributed by atoms with E-state index in [2.05, 4.69) is 36.3 Å². The van der Waals surface area contributed by atoms with Crippen LogP contribution in [0.4, 0.5) is 0 Å². The van der Waals surface area contributed by atoms with Gasteiger partial charge in [-0.25, -0.2) is 0 Å². The van der Waals surface area contributed by atoms with Gasteiger partial charge in [0, 0.05) is 20.3 Å². The van der Waals surface area contributed by atoms with Gasteiger partial charge in [-0.1, -0.05) is 35.0 Å². The second-order valence-electron chi connectivity index (χ2n) is 4.48. The van der Waals surface area contributed by atoms with E-state index in [1.54, 1.807) is 7.11 Å². The molecule has 4 heteroatoms. The molecule has 0 aliphatic heterocycles. The molecular formula is C15H24N2O2. The predicted molar refractivity (Wildman–Crippen MR) is 78.4 cm³/mol. The fourth-order valence-corrected chi connectivity index (χ4v) is 1.70. The van der Waals surface area contributed by atoms with Crippen LogP contribution in [-0.4, -0.2) is 32.6 Å². The third-order valence-electron chi connectivity index (χ3n) is 2.78. The van der Waals surface area contributed by atoms with E-state index >= 15 is 0 Å². The lowest BCUT2D eigenvalue weighted by Crippen LogP contribution is -2.08. The molecule has 0 bridgehead atoms. The minimum atomic E-state index is 0.452. The number of methoxy groups -OCH3 is 1. The Labute approximate surface area is 115 Å². The molecule has 0 aliphatic rings. The van der Waals surface area contributed by atoms with E-state index < -0.39 is 0 Å². The van der Waals surface area contributed by atoms with Crippen LogP contribution in [0.3, 0.4) is 0 Å². The molecule has 0 saturated heterocycles. The normalized spacial score (nSPS) is 11.6. The van der Waals surface area contributed by atoms with Gasteiger partial charge in [0.25, 0.3) is 0 Å². The second-order valence-corrected chi connectivity index (χ2v) is 4.48. The summed E-state index contributed by atoms with van der Waals surface area (Å²) in [6, 6.07) is 8.33. The Bertz CT molecular complexity index is 374. The van der Waals surface area contributed by atoms with Gasteiger partial charge < -0.3 is 15.3 Å². The number of aryl methyl sites for hydroxylation is 1. The molecule has 0 radical (unpaired) electrons. The Morgan fingerprint density at radius 2 is 1.89 bits per heavy atom. The fourth-order valence-electron chi connectivity index (χ4n) is 1.70. The zero-order chi connectivity index (χ0) is 13.9. The molecule has 0 fully saturated rings. The molecular weight excluding hydrogens is 240 g/mol. The summed E-state index contributed by atoms with van der Waals surface area (Å²) in [6.07, 6.45) is 2.95. The standard InChI is InChI=1S/C15H24N2O2/c1-13-6-8-14(9-7-13)15(17-19-12-10-16)5-3-4-11-18-2/h6-9H,3-5,10-12,16H2,1-2H3/b17-15-. The minimum absolute atomic E-state index is 0.452. The predicted octanol–water partition coefficient (Wildman–Crippen LogP) is 2.49. The molecule has 0 unspecified atom stereocenters. The maximum Gasteiger partial charge on any atom is 0.129 e. The number of hydrogen-bond donors (Lipinski definition) is 1. The van der Waals surface area contributed by atoms with Crippen molar-refractivity contribution in [3.63, 3.8) is 0 Å². The third-order valence-corrected chi connectivity index (χ3v) is 2.78. The van der Waals surface area contributed by atoms with Crippen LogP contribution < -0.4 is 5.73 Å². The number of rotatable bonds is 9. The number of hydrogen-bond acceptors (Lipinski definition) is 4. The summed E-state index contributed by atoms with van der Waals surface area (Å²) in [6.45, 7) is 3.79. The smallest absolute Gasteiger partial charge is 0.129 e. The summed E-state index contributed by atoms with van der Waals surface area (Å²) in [5, 5.41) is 4.21. The average molecular weight is 264 g/mol. The third kappa shape index (κ3) is 6.36. The van der Waals surface area contributed by atoms with Crippen molar-refractivity contribution >= 4 is 5.71 Å². The molecule has 0 atom stereocenters. The van der Waals surface area contributed by atoms with Crippen molar-refractivity contribution in [1.29, 1.82) is 0 Å². The summed E-state index contributed by atoms with van der Waals surface area (Å²) in [5.74, 6) is 0. The Kier molecular flexibility index (Phi) is 7.86. The van der Waals surface area contributed by atoms with Crippen LogP contribution in [0.5, 0.6) is 0 Å². The van der Waals surface area contributed by atoms with E-state index in [0.717, 1.165) is 37.1 Å². The van der Waals surface area contributed by atoms with E-state index in [1.165, 1.54) is 5.56 Å². The quantitative estimate of drug-likeness (QED) is 0.423. The highest BCUT2D eigenvalue weighted by atomic mass is 16.6. The molecule has 106 valence electrons. The number of nitrogens with zero attached hydrogens (tertiary/aromatic N) is 1. The number of benzene rings is 1. The van der Waals surface area contributed by atoms with Gasteiger partial charge in [0.05, 0.1) is 5.71 Å². The van der Waals surface area contributed by atoms with E-state index in [-0.39, 0.29) is 0 Å². The Morgan fingerprint density at radius 1 is 1.16 bits per heavy atom. The van der Waals surface area contributed by atoms with Crippen LogP contribution in [0.2, 0.25) is 0 Å². The SMILES string of the molecule is COCCCC/C(=N/OCCN)c1ccc(C)cc1. The molecule has 0 amide bonds. The molecule has 0 spiro atoms. The molecule has 19 heavy (non-hydrogen) atoms. The highest BCUT2D eigenvalue weighted by Gasteiger charge is 2.04. The number of oxime groups is 1. The van der Waals surface area contributed by atoms with Crippen molar-refractivity contribution in [2.75, 3.05) is 26.9 Å². The van der Waals surface area contributed by atoms with Crippen molar-refractivity contribution in [1.82, 2.24) is 0 Å². The van der Waals surface area contributed by atoms with Crippen molar-refractivity contribution < 1.29 is 9.57 Å². The van der Waals surface area contributed by atoms with E-state index in [0.29, 0.717) is 13.2 Å². The van der Waals surface area contributed by atoms with Crippen molar-refractivity contribution in [3.8, 4) is 0 Å². The lowest BCUT2D eigenvalue weighted by atomic mass is 10.0. The largest absolute Gasteiger partial charge is 0.394 e. The first-order valence-electron chi connectivity index (χ1n) is 6.72. The molecule has 4 nitrogen and oxygen atoms in total. The first-order valence-corrected chi connectivity index (χ1v) is 6.72. The van der Waals surface area contributed by atoms with E-state index in [9.17, 15) is 0 Å². The van der Waals surface area contributed by atoms with Crippen LogP contribution in [0, 0.1) is 6.92 Å². The van der Waals surface area contributed by atoms with Crippen molar-refractivity contribution in [2.45, 2.75) is 26.2 Å². The highest BCUT2D eigenvalue weighted by Crippen LogP contribution is 2.10. The summed E-state index contributed by atoms with van der Waals surface area (Å²) >= 11 is 0. The fraction of sp³-hybridized carbons (Fsp3) is 0.533. The molecule has 2 N–H and O–H groups in total. The molecule has 0 aliphatic carbocycles. The summed E-state index contributed by atoms with van der Waals surface area (Å²) in [5.41, 5.74) is 8.73. The van der Waals surface area contributed by atoms with Gasteiger partial charge in [0.15, 0.2) is 0 Å². The maximum atomic E-state index is 5.40. The molecule has 1 aromatic rings. The van der Waals surface area contributed by atoms with Crippen LogP contribution >= 0.6 is 0 Å². The molecule has 0 saturated carbocycles.